The normalized spacial score (nSPS) is 14.7. The van der Waals surface area contributed by atoms with Crippen LogP contribution < -0.4 is 4.74 Å². The van der Waals surface area contributed by atoms with E-state index in [1.807, 2.05) is 18.2 Å². The standard InChI is InChI=1S/C25H27F2N3O2/c1-3-15-32-24-10-6-9-22-18(24)16-23(25(31)29-13-11-28(4-2)12-14-29)30(22)17-19-20(26)7-5-8-21(19)27/h3,5-10,16H,1,4,11-15,17H2,2H3. The van der Waals surface area contributed by atoms with E-state index in [2.05, 4.69) is 18.4 Å². The summed E-state index contributed by atoms with van der Waals surface area (Å²) in [5, 5.41) is 0.724. The lowest BCUT2D eigenvalue weighted by Gasteiger charge is -2.34. The zero-order valence-corrected chi connectivity index (χ0v) is 18.2. The highest BCUT2D eigenvalue weighted by Crippen LogP contribution is 2.31. The Hall–Kier alpha value is -3.19. The number of rotatable bonds is 7. The maximum atomic E-state index is 14.5. The van der Waals surface area contributed by atoms with E-state index in [9.17, 15) is 13.6 Å². The average Bonchev–Trinajstić information content (AvgIpc) is 3.18. The fraction of sp³-hybridized carbons (Fsp3) is 0.320. The van der Waals surface area contributed by atoms with E-state index in [4.69, 9.17) is 4.74 Å². The van der Waals surface area contributed by atoms with Gasteiger partial charge in [-0.3, -0.25) is 4.79 Å². The highest BCUT2D eigenvalue weighted by Gasteiger charge is 2.26. The van der Waals surface area contributed by atoms with Crippen LogP contribution in [0.25, 0.3) is 10.9 Å². The molecular weight excluding hydrogens is 412 g/mol. The molecule has 1 aromatic heterocycles. The number of aromatic nitrogens is 1. The van der Waals surface area contributed by atoms with Crippen molar-refractivity contribution < 1.29 is 18.3 Å². The molecule has 5 nitrogen and oxygen atoms in total. The van der Waals surface area contributed by atoms with Crippen LogP contribution in [-0.4, -0.2) is 59.6 Å². The van der Waals surface area contributed by atoms with Gasteiger partial charge in [-0.15, -0.1) is 0 Å². The van der Waals surface area contributed by atoms with Crippen LogP contribution in [0.1, 0.15) is 23.0 Å². The van der Waals surface area contributed by atoms with E-state index in [0.717, 1.165) is 25.0 Å². The van der Waals surface area contributed by atoms with Gasteiger partial charge >= 0.3 is 0 Å². The smallest absolute Gasteiger partial charge is 0.270 e. The van der Waals surface area contributed by atoms with Gasteiger partial charge in [-0.05, 0) is 36.9 Å². The molecule has 0 aliphatic carbocycles. The first kappa shape index (κ1) is 22.0. The maximum Gasteiger partial charge on any atom is 0.270 e. The Bertz CT molecular complexity index is 1110. The Kier molecular flexibility index (Phi) is 6.55. The van der Waals surface area contributed by atoms with Gasteiger partial charge in [0.1, 0.15) is 29.7 Å². The third-order valence-electron chi connectivity index (χ3n) is 5.97. The number of amides is 1. The first-order valence-electron chi connectivity index (χ1n) is 10.8. The van der Waals surface area contributed by atoms with Gasteiger partial charge in [0.25, 0.3) is 5.91 Å². The van der Waals surface area contributed by atoms with E-state index in [1.54, 1.807) is 21.6 Å². The zero-order valence-electron chi connectivity index (χ0n) is 18.2. The number of nitrogens with zero attached hydrogens (tertiary/aromatic N) is 3. The molecule has 4 rings (SSSR count). The molecule has 1 amide bonds. The Morgan fingerprint density at radius 3 is 2.44 bits per heavy atom. The number of likely N-dealkylation sites (N-methyl/N-ethyl adjacent to an activating group) is 1. The molecule has 0 unspecified atom stereocenters. The van der Waals surface area contributed by atoms with Gasteiger partial charge in [0, 0.05) is 37.1 Å². The van der Waals surface area contributed by atoms with E-state index in [1.165, 1.54) is 18.2 Å². The van der Waals surface area contributed by atoms with Crippen LogP contribution in [0, 0.1) is 11.6 Å². The number of fused-ring (bicyclic) bond motifs is 1. The molecular formula is C25H27F2N3O2. The predicted octanol–water partition coefficient (Wildman–Crippen LogP) is 4.31. The number of benzene rings is 2. The molecule has 32 heavy (non-hydrogen) atoms. The van der Waals surface area contributed by atoms with Crippen LogP contribution >= 0.6 is 0 Å². The van der Waals surface area contributed by atoms with E-state index in [0.29, 0.717) is 36.7 Å². The van der Waals surface area contributed by atoms with Gasteiger partial charge < -0.3 is 19.1 Å². The monoisotopic (exact) mass is 439 g/mol. The largest absolute Gasteiger partial charge is 0.489 e. The molecule has 0 spiro atoms. The summed E-state index contributed by atoms with van der Waals surface area (Å²) in [7, 11) is 0. The summed E-state index contributed by atoms with van der Waals surface area (Å²) >= 11 is 0. The number of hydrogen-bond acceptors (Lipinski definition) is 3. The molecule has 1 aliphatic rings. The molecule has 0 N–H and O–H groups in total. The minimum absolute atomic E-state index is 0.0766. The summed E-state index contributed by atoms with van der Waals surface area (Å²) in [5.41, 5.74) is 0.999. The average molecular weight is 440 g/mol. The maximum absolute atomic E-state index is 14.5. The van der Waals surface area contributed by atoms with Crippen molar-refractivity contribution in [2.45, 2.75) is 13.5 Å². The fourth-order valence-corrected chi connectivity index (χ4v) is 4.15. The van der Waals surface area contributed by atoms with Crippen LogP contribution in [0.5, 0.6) is 5.75 Å². The summed E-state index contributed by atoms with van der Waals surface area (Å²) in [4.78, 5) is 17.6. The summed E-state index contributed by atoms with van der Waals surface area (Å²) in [5.74, 6) is -0.829. The van der Waals surface area contributed by atoms with Gasteiger partial charge in [0.15, 0.2) is 0 Å². The van der Waals surface area contributed by atoms with Crippen LogP contribution in [0.2, 0.25) is 0 Å². The first-order chi connectivity index (χ1) is 15.5. The Balaban J connectivity index is 1.78. The minimum Gasteiger partial charge on any atom is -0.489 e. The summed E-state index contributed by atoms with van der Waals surface area (Å²) in [6, 6.07) is 11.0. The molecule has 7 heteroatoms. The molecule has 1 fully saturated rings. The lowest BCUT2D eigenvalue weighted by Crippen LogP contribution is -2.48. The van der Waals surface area contributed by atoms with Crippen LogP contribution in [0.3, 0.4) is 0 Å². The number of piperazine rings is 1. The van der Waals surface area contributed by atoms with E-state index >= 15 is 0 Å². The summed E-state index contributed by atoms with van der Waals surface area (Å²) < 4.78 is 36.4. The van der Waals surface area contributed by atoms with Gasteiger partial charge in [-0.2, -0.15) is 0 Å². The van der Waals surface area contributed by atoms with Crippen molar-refractivity contribution >= 4 is 16.8 Å². The molecule has 0 radical (unpaired) electrons. The Morgan fingerprint density at radius 2 is 1.78 bits per heavy atom. The number of carbonyl (C=O) groups is 1. The molecule has 1 aliphatic heterocycles. The van der Waals surface area contributed by atoms with Crippen LogP contribution in [0.4, 0.5) is 8.78 Å². The summed E-state index contributed by atoms with van der Waals surface area (Å²) in [6.45, 7) is 9.77. The SMILES string of the molecule is C=CCOc1cccc2c1cc(C(=O)N1CCN(CC)CC1)n2Cc1c(F)cccc1F. The van der Waals surface area contributed by atoms with Crippen LogP contribution in [0.15, 0.2) is 55.1 Å². The third-order valence-corrected chi connectivity index (χ3v) is 5.97. The molecule has 0 atom stereocenters. The highest BCUT2D eigenvalue weighted by atomic mass is 19.1. The zero-order chi connectivity index (χ0) is 22.7. The number of ether oxygens (including phenoxy) is 1. The Morgan fingerprint density at radius 1 is 1.09 bits per heavy atom. The first-order valence-corrected chi connectivity index (χ1v) is 10.8. The van der Waals surface area contributed by atoms with E-state index in [-0.39, 0.29) is 18.0 Å². The molecule has 168 valence electrons. The molecule has 3 aromatic rings. The highest BCUT2D eigenvalue weighted by molar-refractivity contribution is 6.00. The number of hydrogen-bond donors (Lipinski definition) is 0. The van der Waals surface area contributed by atoms with Gasteiger partial charge in [-0.1, -0.05) is 31.7 Å². The van der Waals surface area contributed by atoms with Gasteiger partial charge in [-0.25, -0.2) is 8.78 Å². The van der Waals surface area contributed by atoms with Crippen molar-refractivity contribution in [3.8, 4) is 5.75 Å². The van der Waals surface area contributed by atoms with Crippen molar-refractivity contribution in [2.75, 3.05) is 39.3 Å². The second-order valence-electron chi connectivity index (χ2n) is 7.83. The topological polar surface area (TPSA) is 37.7 Å². The fourth-order valence-electron chi connectivity index (χ4n) is 4.15. The number of halogens is 2. The van der Waals surface area contributed by atoms with Crippen molar-refractivity contribution in [3.63, 3.8) is 0 Å². The van der Waals surface area contributed by atoms with Crippen molar-refractivity contribution in [3.05, 3.63) is 78.0 Å². The number of carbonyl (C=O) groups excluding carboxylic acids is 1. The second-order valence-corrected chi connectivity index (χ2v) is 7.83. The third kappa shape index (κ3) is 4.25. The van der Waals surface area contributed by atoms with E-state index < -0.39 is 11.6 Å². The van der Waals surface area contributed by atoms with Gasteiger partial charge in [0.05, 0.1) is 12.1 Å². The molecule has 2 heterocycles. The lowest BCUT2D eigenvalue weighted by molar-refractivity contribution is 0.0633. The lowest BCUT2D eigenvalue weighted by atomic mass is 10.2. The minimum atomic E-state index is -0.638. The molecule has 1 saturated heterocycles. The quantitative estimate of drug-likeness (QED) is 0.515. The molecule has 0 saturated carbocycles. The molecule has 0 bridgehead atoms. The van der Waals surface area contributed by atoms with Crippen molar-refractivity contribution in [1.29, 1.82) is 0 Å². The van der Waals surface area contributed by atoms with Crippen molar-refractivity contribution in [2.24, 2.45) is 0 Å². The predicted molar refractivity (Wildman–Crippen MR) is 121 cm³/mol. The second kappa shape index (κ2) is 9.53. The Labute approximate surface area is 186 Å². The van der Waals surface area contributed by atoms with Gasteiger partial charge in [0.2, 0.25) is 0 Å². The molecule has 2 aromatic carbocycles. The summed E-state index contributed by atoms with van der Waals surface area (Å²) in [6.07, 6.45) is 1.64. The van der Waals surface area contributed by atoms with Crippen LogP contribution in [-0.2, 0) is 6.54 Å². The van der Waals surface area contributed by atoms with Crippen molar-refractivity contribution in [1.82, 2.24) is 14.4 Å².